The molecule has 0 radical (unpaired) electrons. The molecule has 0 aliphatic carbocycles. The summed E-state index contributed by atoms with van der Waals surface area (Å²) >= 11 is 3.62. The smallest absolute Gasteiger partial charge is 0.415 e. The van der Waals surface area contributed by atoms with E-state index in [2.05, 4.69) is 55.8 Å². The fraction of sp³-hybridized carbons (Fsp3) is 0.650. The van der Waals surface area contributed by atoms with Gasteiger partial charge < -0.3 is 4.74 Å². The van der Waals surface area contributed by atoms with E-state index in [1.165, 1.54) is 11.1 Å². The molecule has 3 nitrogen and oxygen atoms in total. The number of benzene rings is 1. The maximum atomic E-state index is 13.0. The summed E-state index contributed by atoms with van der Waals surface area (Å²) in [5, 5.41) is 0. The van der Waals surface area contributed by atoms with Crippen LogP contribution in [0.5, 0.6) is 0 Å². The highest BCUT2D eigenvalue weighted by molar-refractivity contribution is 9.10. The summed E-state index contributed by atoms with van der Waals surface area (Å²) in [6, 6.07) is 4.46. The Kier molecular flexibility index (Phi) is 5.68. The minimum atomic E-state index is -0.496. The molecular formula is C20H30BrNO2. The van der Waals surface area contributed by atoms with E-state index in [1.54, 1.807) is 0 Å². The van der Waals surface area contributed by atoms with Gasteiger partial charge in [0, 0.05) is 10.5 Å². The lowest BCUT2D eigenvalue weighted by atomic mass is 9.86. The Morgan fingerprint density at radius 1 is 1.25 bits per heavy atom. The summed E-state index contributed by atoms with van der Waals surface area (Å²) in [5.74, 6) is 0.724. The van der Waals surface area contributed by atoms with Crippen molar-refractivity contribution in [1.29, 1.82) is 0 Å². The van der Waals surface area contributed by atoms with Gasteiger partial charge in [0.25, 0.3) is 0 Å². The first kappa shape index (κ1) is 19.3. The number of anilines is 1. The summed E-state index contributed by atoms with van der Waals surface area (Å²) < 4.78 is 6.84. The Hall–Kier alpha value is -1.03. The van der Waals surface area contributed by atoms with E-state index < -0.39 is 5.60 Å². The maximum absolute atomic E-state index is 13.0. The van der Waals surface area contributed by atoms with E-state index in [1.807, 2.05) is 25.7 Å². The molecular weight excluding hydrogens is 366 g/mol. The molecule has 0 saturated heterocycles. The molecule has 1 amide bonds. The molecule has 1 heterocycles. The van der Waals surface area contributed by atoms with Crippen molar-refractivity contribution in [1.82, 2.24) is 0 Å². The van der Waals surface area contributed by atoms with Gasteiger partial charge in [-0.3, -0.25) is 4.90 Å². The first-order chi connectivity index (χ1) is 11.0. The third-order valence-corrected chi connectivity index (χ3v) is 4.90. The van der Waals surface area contributed by atoms with E-state index in [9.17, 15) is 4.79 Å². The lowest BCUT2D eigenvalue weighted by Crippen LogP contribution is -2.49. The molecule has 24 heavy (non-hydrogen) atoms. The zero-order valence-electron chi connectivity index (χ0n) is 15.9. The van der Waals surface area contributed by atoms with Gasteiger partial charge in [-0.2, -0.15) is 0 Å². The van der Waals surface area contributed by atoms with Gasteiger partial charge in [-0.25, -0.2) is 4.79 Å². The number of nitrogens with zero attached hydrogens (tertiary/aromatic N) is 1. The van der Waals surface area contributed by atoms with Crippen LogP contribution in [0.15, 0.2) is 16.6 Å². The number of hydrogen-bond donors (Lipinski definition) is 0. The lowest BCUT2D eigenvalue weighted by molar-refractivity contribution is 0.0550. The molecule has 0 bridgehead atoms. The van der Waals surface area contributed by atoms with E-state index >= 15 is 0 Å². The van der Waals surface area contributed by atoms with Crippen LogP contribution in [0.1, 0.15) is 71.9 Å². The van der Waals surface area contributed by atoms with Gasteiger partial charge in [0.1, 0.15) is 5.60 Å². The highest BCUT2D eigenvalue weighted by Gasteiger charge is 2.37. The Labute approximate surface area is 154 Å². The highest BCUT2D eigenvalue weighted by atomic mass is 79.9. The largest absolute Gasteiger partial charge is 0.443 e. The molecule has 0 spiro atoms. The van der Waals surface area contributed by atoms with Crippen LogP contribution >= 0.6 is 15.9 Å². The fourth-order valence-electron chi connectivity index (χ4n) is 3.37. The minimum Gasteiger partial charge on any atom is -0.443 e. The average molecular weight is 396 g/mol. The van der Waals surface area contributed by atoms with Crippen LogP contribution in [-0.2, 0) is 11.2 Å². The number of amides is 1. The summed E-state index contributed by atoms with van der Waals surface area (Å²) in [5.41, 5.74) is 3.00. The van der Waals surface area contributed by atoms with Crippen molar-refractivity contribution < 1.29 is 9.53 Å². The molecule has 1 aliphatic heterocycles. The molecule has 1 aliphatic rings. The quantitative estimate of drug-likeness (QED) is 0.588. The number of fused-ring (bicyclic) bond motifs is 1. The van der Waals surface area contributed by atoms with Crippen molar-refractivity contribution in [3.8, 4) is 0 Å². The number of halogens is 1. The van der Waals surface area contributed by atoms with E-state index in [0.29, 0.717) is 11.8 Å². The normalized spacial score (nSPS) is 18.1. The predicted molar refractivity (Wildman–Crippen MR) is 104 cm³/mol. The minimum absolute atomic E-state index is 0.172. The summed E-state index contributed by atoms with van der Waals surface area (Å²) in [4.78, 5) is 15.0. The van der Waals surface area contributed by atoms with Crippen LogP contribution in [-0.4, -0.2) is 17.7 Å². The van der Waals surface area contributed by atoms with Crippen LogP contribution in [0.3, 0.4) is 0 Å². The van der Waals surface area contributed by atoms with Crippen LogP contribution < -0.4 is 4.90 Å². The molecule has 0 fully saturated rings. The molecule has 1 unspecified atom stereocenters. The molecule has 0 aromatic heterocycles. The second-order valence-electron chi connectivity index (χ2n) is 8.36. The van der Waals surface area contributed by atoms with Crippen molar-refractivity contribution in [2.45, 2.75) is 78.9 Å². The van der Waals surface area contributed by atoms with Crippen LogP contribution in [0.4, 0.5) is 10.5 Å². The molecule has 0 N–H and O–H groups in total. The lowest BCUT2D eigenvalue weighted by Gasteiger charge is -2.41. The van der Waals surface area contributed by atoms with Crippen LogP contribution in [0, 0.1) is 5.92 Å². The number of carbonyl (C=O) groups excluding carboxylic acids is 1. The first-order valence-corrected chi connectivity index (χ1v) is 9.65. The number of hydrogen-bond acceptors (Lipinski definition) is 2. The Balaban J connectivity index is 2.59. The van der Waals surface area contributed by atoms with Gasteiger partial charge in [0.2, 0.25) is 0 Å². The summed E-state index contributed by atoms with van der Waals surface area (Å²) in [7, 11) is 0. The first-order valence-electron chi connectivity index (χ1n) is 8.85. The van der Waals surface area contributed by atoms with Crippen molar-refractivity contribution in [3.63, 3.8) is 0 Å². The van der Waals surface area contributed by atoms with Gasteiger partial charge in [0.05, 0.1) is 5.69 Å². The molecule has 1 aromatic rings. The second kappa shape index (κ2) is 7.07. The molecule has 4 heteroatoms. The zero-order valence-corrected chi connectivity index (χ0v) is 17.5. The monoisotopic (exact) mass is 395 g/mol. The SMILES string of the molecule is CC(C)c1cc(Br)cc2c1N(C(=O)OC(C)(C)C)C(C(C)C)CC2. The van der Waals surface area contributed by atoms with Gasteiger partial charge in [-0.15, -0.1) is 0 Å². The maximum Gasteiger partial charge on any atom is 0.415 e. The Morgan fingerprint density at radius 2 is 1.88 bits per heavy atom. The van der Waals surface area contributed by atoms with Crippen molar-refractivity contribution in [2.24, 2.45) is 5.92 Å². The standard InChI is InChI=1S/C20H30BrNO2/c1-12(2)16-11-15(21)10-14-8-9-17(13(3)4)22(18(14)16)19(23)24-20(5,6)7/h10-13,17H,8-9H2,1-7H3. The van der Waals surface area contributed by atoms with Gasteiger partial charge >= 0.3 is 6.09 Å². The summed E-state index contributed by atoms with van der Waals surface area (Å²) in [6.07, 6.45) is 1.74. The van der Waals surface area contributed by atoms with E-state index in [-0.39, 0.29) is 12.1 Å². The fourth-order valence-corrected chi connectivity index (χ4v) is 3.89. The number of aryl methyl sites for hydroxylation is 1. The van der Waals surface area contributed by atoms with Crippen LogP contribution in [0.2, 0.25) is 0 Å². The summed E-state index contributed by atoms with van der Waals surface area (Å²) in [6.45, 7) is 14.5. The molecule has 2 rings (SSSR count). The highest BCUT2D eigenvalue weighted by Crippen LogP contribution is 2.41. The van der Waals surface area contributed by atoms with Gasteiger partial charge in [-0.1, -0.05) is 43.6 Å². The van der Waals surface area contributed by atoms with Crippen molar-refractivity contribution in [3.05, 3.63) is 27.7 Å². The number of ether oxygens (including phenoxy) is 1. The van der Waals surface area contributed by atoms with E-state index in [0.717, 1.165) is 23.0 Å². The molecule has 1 atom stereocenters. The van der Waals surface area contributed by atoms with Crippen molar-refractivity contribution >= 4 is 27.7 Å². The second-order valence-corrected chi connectivity index (χ2v) is 9.27. The molecule has 134 valence electrons. The van der Waals surface area contributed by atoms with Crippen molar-refractivity contribution in [2.75, 3.05) is 4.90 Å². The Morgan fingerprint density at radius 3 is 2.38 bits per heavy atom. The average Bonchev–Trinajstić information content (AvgIpc) is 2.42. The number of rotatable bonds is 2. The zero-order chi connectivity index (χ0) is 18.2. The molecule has 0 saturated carbocycles. The topological polar surface area (TPSA) is 29.5 Å². The Bertz CT molecular complexity index is 617. The van der Waals surface area contributed by atoms with Crippen LogP contribution in [0.25, 0.3) is 0 Å². The third kappa shape index (κ3) is 4.14. The molecule has 1 aromatic carbocycles. The van der Waals surface area contributed by atoms with Gasteiger partial charge in [-0.05, 0) is 68.7 Å². The third-order valence-electron chi connectivity index (χ3n) is 4.45. The van der Waals surface area contributed by atoms with E-state index in [4.69, 9.17) is 4.74 Å². The number of carbonyl (C=O) groups is 1. The predicted octanol–water partition coefficient (Wildman–Crippen LogP) is 6.28. The van der Waals surface area contributed by atoms with Gasteiger partial charge in [0.15, 0.2) is 0 Å².